The molecule has 2 aromatic rings. The topological polar surface area (TPSA) is 48.7 Å². The molecule has 1 heterocycles. The third-order valence-electron chi connectivity index (χ3n) is 2.22. The van der Waals surface area contributed by atoms with Gasteiger partial charge in [0.05, 0.1) is 5.56 Å². The minimum Gasteiger partial charge on any atom is -0.340 e. The standard InChI is InChI=1S/C13H11N3/c1-10-2-5-12(6-3-10)16-13-7-4-11(8-14)9-15-13/h2-7,9H,1H3,(H,15,16). The van der Waals surface area contributed by atoms with Gasteiger partial charge < -0.3 is 5.32 Å². The highest BCUT2D eigenvalue weighted by molar-refractivity contribution is 5.56. The van der Waals surface area contributed by atoms with E-state index >= 15 is 0 Å². The summed E-state index contributed by atoms with van der Waals surface area (Å²) in [6, 6.07) is 13.6. The first-order chi connectivity index (χ1) is 7.78. The molecule has 1 aromatic carbocycles. The first-order valence-corrected chi connectivity index (χ1v) is 4.98. The zero-order chi connectivity index (χ0) is 11.4. The zero-order valence-corrected chi connectivity index (χ0v) is 8.94. The number of pyridine rings is 1. The Morgan fingerprint density at radius 2 is 1.88 bits per heavy atom. The van der Waals surface area contributed by atoms with E-state index in [-0.39, 0.29) is 0 Å². The Hall–Kier alpha value is -2.34. The molecule has 0 aliphatic carbocycles. The van der Waals surface area contributed by atoms with E-state index in [0.29, 0.717) is 5.56 Å². The summed E-state index contributed by atoms with van der Waals surface area (Å²) in [6.45, 7) is 2.05. The molecule has 78 valence electrons. The molecule has 3 nitrogen and oxygen atoms in total. The maximum absolute atomic E-state index is 8.64. The van der Waals surface area contributed by atoms with Crippen LogP contribution in [-0.2, 0) is 0 Å². The van der Waals surface area contributed by atoms with Gasteiger partial charge >= 0.3 is 0 Å². The quantitative estimate of drug-likeness (QED) is 0.827. The van der Waals surface area contributed by atoms with Crippen molar-refractivity contribution in [2.75, 3.05) is 5.32 Å². The fourth-order valence-electron chi connectivity index (χ4n) is 1.32. The van der Waals surface area contributed by atoms with Crippen LogP contribution < -0.4 is 5.32 Å². The van der Waals surface area contributed by atoms with Crippen molar-refractivity contribution in [2.45, 2.75) is 6.92 Å². The van der Waals surface area contributed by atoms with Gasteiger partial charge in [0.25, 0.3) is 0 Å². The molecule has 0 unspecified atom stereocenters. The predicted octanol–water partition coefficient (Wildman–Crippen LogP) is 3.01. The molecule has 0 atom stereocenters. The van der Waals surface area contributed by atoms with E-state index in [9.17, 15) is 0 Å². The summed E-state index contributed by atoms with van der Waals surface area (Å²) in [4.78, 5) is 4.13. The molecular weight excluding hydrogens is 198 g/mol. The second-order valence-corrected chi connectivity index (χ2v) is 3.53. The van der Waals surface area contributed by atoms with Gasteiger partial charge in [-0.25, -0.2) is 4.98 Å². The van der Waals surface area contributed by atoms with Gasteiger partial charge in [0.15, 0.2) is 0 Å². The molecule has 16 heavy (non-hydrogen) atoms. The van der Waals surface area contributed by atoms with Crippen LogP contribution in [-0.4, -0.2) is 4.98 Å². The van der Waals surface area contributed by atoms with E-state index in [1.165, 1.54) is 5.56 Å². The number of nitrogens with one attached hydrogen (secondary N) is 1. The second kappa shape index (κ2) is 4.45. The van der Waals surface area contributed by atoms with E-state index in [1.54, 1.807) is 18.3 Å². The number of anilines is 2. The summed E-state index contributed by atoms with van der Waals surface area (Å²) in [5.41, 5.74) is 2.77. The summed E-state index contributed by atoms with van der Waals surface area (Å²) >= 11 is 0. The van der Waals surface area contributed by atoms with E-state index in [1.807, 2.05) is 37.3 Å². The van der Waals surface area contributed by atoms with Gasteiger partial charge in [-0.15, -0.1) is 0 Å². The van der Waals surface area contributed by atoms with Crippen molar-refractivity contribution < 1.29 is 0 Å². The molecule has 0 bridgehead atoms. The average Bonchev–Trinajstić information content (AvgIpc) is 2.33. The number of benzene rings is 1. The van der Waals surface area contributed by atoms with Crippen LogP contribution in [0.4, 0.5) is 11.5 Å². The summed E-state index contributed by atoms with van der Waals surface area (Å²) in [5.74, 6) is 0.739. The maximum Gasteiger partial charge on any atom is 0.130 e. The molecule has 2 rings (SSSR count). The number of aromatic nitrogens is 1. The van der Waals surface area contributed by atoms with E-state index in [0.717, 1.165) is 11.5 Å². The molecule has 1 N–H and O–H groups in total. The normalized spacial score (nSPS) is 9.50. The summed E-state index contributed by atoms with van der Waals surface area (Å²) in [7, 11) is 0. The van der Waals surface area contributed by atoms with Crippen LogP contribution in [0.2, 0.25) is 0 Å². The fraction of sp³-hybridized carbons (Fsp3) is 0.0769. The molecule has 0 aliphatic rings. The van der Waals surface area contributed by atoms with Crippen LogP contribution >= 0.6 is 0 Å². The van der Waals surface area contributed by atoms with Crippen molar-refractivity contribution in [3.63, 3.8) is 0 Å². The predicted molar refractivity (Wildman–Crippen MR) is 63.4 cm³/mol. The lowest BCUT2D eigenvalue weighted by molar-refractivity contribution is 1.28. The van der Waals surface area contributed by atoms with Gasteiger partial charge in [-0.05, 0) is 31.2 Å². The smallest absolute Gasteiger partial charge is 0.130 e. The first kappa shape index (κ1) is 10.2. The first-order valence-electron chi connectivity index (χ1n) is 4.98. The van der Waals surface area contributed by atoms with Crippen LogP contribution in [0.1, 0.15) is 11.1 Å². The third-order valence-corrected chi connectivity index (χ3v) is 2.22. The van der Waals surface area contributed by atoms with Crippen molar-refractivity contribution in [3.8, 4) is 6.07 Å². The van der Waals surface area contributed by atoms with Crippen molar-refractivity contribution in [1.82, 2.24) is 4.98 Å². The average molecular weight is 209 g/mol. The van der Waals surface area contributed by atoms with Crippen LogP contribution in [0.5, 0.6) is 0 Å². The fourth-order valence-corrected chi connectivity index (χ4v) is 1.32. The van der Waals surface area contributed by atoms with Crippen molar-refractivity contribution in [1.29, 1.82) is 5.26 Å². The summed E-state index contributed by atoms with van der Waals surface area (Å²) in [6.07, 6.45) is 1.55. The number of aryl methyl sites for hydroxylation is 1. The van der Waals surface area contributed by atoms with Crippen LogP contribution in [0.15, 0.2) is 42.6 Å². The Morgan fingerprint density at radius 1 is 1.12 bits per heavy atom. The summed E-state index contributed by atoms with van der Waals surface area (Å²) in [5, 5.41) is 11.8. The van der Waals surface area contributed by atoms with Crippen LogP contribution in [0.25, 0.3) is 0 Å². The number of rotatable bonds is 2. The highest BCUT2D eigenvalue weighted by Gasteiger charge is 1.96. The van der Waals surface area contributed by atoms with Gasteiger partial charge in [-0.2, -0.15) is 5.26 Å². The molecule has 0 saturated carbocycles. The zero-order valence-electron chi connectivity index (χ0n) is 8.94. The molecule has 1 aromatic heterocycles. The molecule has 0 amide bonds. The SMILES string of the molecule is Cc1ccc(Nc2ccc(C#N)cn2)cc1. The molecule has 0 saturated heterocycles. The molecule has 0 aliphatic heterocycles. The van der Waals surface area contributed by atoms with Gasteiger partial charge in [-0.3, -0.25) is 0 Å². The Kier molecular flexibility index (Phi) is 2.84. The Labute approximate surface area is 94.4 Å². The Bertz CT molecular complexity index is 506. The Morgan fingerprint density at radius 3 is 2.44 bits per heavy atom. The lowest BCUT2D eigenvalue weighted by Crippen LogP contribution is -1.93. The third kappa shape index (κ3) is 2.37. The largest absolute Gasteiger partial charge is 0.340 e. The molecule has 0 fully saturated rings. The number of nitriles is 1. The Balaban J connectivity index is 2.15. The molecule has 0 spiro atoms. The lowest BCUT2D eigenvalue weighted by atomic mass is 10.2. The molecule has 0 radical (unpaired) electrons. The van der Waals surface area contributed by atoms with E-state index in [2.05, 4.69) is 10.3 Å². The minimum absolute atomic E-state index is 0.564. The number of hydrogen-bond acceptors (Lipinski definition) is 3. The van der Waals surface area contributed by atoms with Crippen LogP contribution in [0.3, 0.4) is 0 Å². The molecule has 3 heteroatoms. The lowest BCUT2D eigenvalue weighted by Gasteiger charge is -2.05. The number of hydrogen-bond donors (Lipinski definition) is 1. The highest BCUT2D eigenvalue weighted by atomic mass is 15.0. The minimum atomic E-state index is 0.564. The van der Waals surface area contributed by atoms with E-state index in [4.69, 9.17) is 5.26 Å². The highest BCUT2D eigenvalue weighted by Crippen LogP contribution is 2.14. The number of nitrogens with zero attached hydrogens (tertiary/aromatic N) is 2. The van der Waals surface area contributed by atoms with Crippen molar-refractivity contribution >= 4 is 11.5 Å². The van der Waals surface area contributed by atoms with E-state index < -0.39 is 0 Å². The van der Waals surface area contributed by atoms with Gasteiger partial charge in [0, 0.05) is 11.9 Å². The second-order valence-electron chi connectivity index (χ2n) is 3.53. The van der Waals surface area contributed by atoms with Gasteiger partial charge in [0.2, 0.25) is 0 Å². The van der Waals surface area contributed by atoms with Crippen molar-refractivity contribution in [2.24, 2.45) is 0 Å². The van der Waals surface area contributed by atoms with Crippen LogP contribution in [0, 0.1) is 18.3 Å². The summed E-state index contributed by atoms with van der Waals surface area (Å²) < 4.78 is 0. The van der Waals surface area contributed by atoms with Gasteiger partial charge in [0.1, 0.15) is 11.9 Å². The maximum atomic E-state index is 8.64. The van der Waals surface area contributed by atoms with Crippen molar-refractivity contribution in [3.05, 3.63) is 53.7 Å². The van der Waals surface area contributed by atoms with Gasteiger partial charge in [-0.1, -0.05) is 17.7 Å². The monoisotopic (exact) mass is 209 g/mol. The molecular formula is C13H11N3.